The molecule has 0 bridgehead atoms. The van der Waals surface area contributed by atoms with Gasteiger partial charge < -0.3 is 5.11 Å². The van der Waals surface area contributed by atoms with E-state index in [0.717, 1.165) is 12.8 Å². The van der Waals surface area contributed by atoms with E-state index in [1.165, 1.54) is 0 Å². The predicted octanol–water partition coefficient (Wildman–Crippen LogP) is 2.49. The topological polar surface area (TPSA) is 54.4 Å². The Morgan fingerprint density at radius 3 is 1.64 bits per heavy atom. The Morgan fingerprint density at radius 2 is 1.36 bits per heavy atom. The fourth-order valence-corrected chi connectivity index (χ4v) is 1.75. The first-order valence-electron chi connectivity index (χ1n) is 5.34. The monoisotopic (exact) mass is 200 g/mol. The smallest absolute Gasteiger partial charge is 0.306 e. The number of aliphatic carboxylic acids is 1. The van der Waals surface area contributed by atoms with Crippen molar-refractivity contribution < 1.29 is 14.7 Å². The highest BCUT2D eigenvalue weighted by molar-refractivity contribution is 5.78. The second kappa shape index (κ2) is 6.57. The molecule has 0 radical (unpaired) electrons. The van der Waals surface area contributed by atoms with Crippen molar-refractivity contribution in [2.45, 2.75) is 46.5 Å². The van der Waals surface area contributed by atoms with Crippen LogP contribution in [0.5, 0.6) is 0 Å². The lowest BCUT2D eigenvalue weighted by Gasteiger charge is -2.23. The summed E-state index contributed by atoms with van der Waals surface area (Å²) >= 11 is 0. The number of hydrogen-bond acceptors (Lipinski definition) is 2. The molecule has 1 N–H and O–H groups in total. The standard InChI is InChI=1S/C9H14O3.C2H6/c1-6(10)7-2-4-8(5-3-7)9(11)12;1-2/h7-8H,2-5H2,1H3,(H,11,12);1-2H3. The highest BCUT2D eigenvalue weighted by Gasteiger charge is 2.27. The quantitative estimate of drug-likeness (QED) is 0.745. The molecular weight excluding hydrogens is 180 g/mol. The van der Waals surface area contributed by atoms with Crippen LogP contribution in [0.4, 0.5) is 0 Å². The van der Waals surface area contributed by atoms with Crippen LogP contribution in [0.1, 0.15) is 46.5 Å². The largest absolute Gasteiger partial charge is 0.481 e. The predicted molar refractivity (Wildman–Crippen MR) is 55.1 cm³/mol. The molecule has 1 fully saturated rings. The van der Waals surface area contributed by atoms with Crippen molar-refractivity contribution in [3.05, 3.63) is 0 Å². The van der Waals surface area contributed by atoms with Crippen molar-refractivity contribution in [3.63, 3.8) is 0 Å². The second-order valence-corrected chi connectivity index (χ2v) is 3.50. The maximum absolute atomic E-state index is 10.9. The number of carbonyl (C=O) groups is 2. The van der Waals surface area contributed by atoms with Crippen LogP contribution in [-0.2, 0) is 9.59 Å². The van der Waals surface area contributed by atoms with Crippen LogP contribution in [-0.4, -0.2) is 16.9 Å². The minimum atomic E-state index is -0.711. The van der Waals surface area contributed by atoms with Crippen molar-refractivity contribution in [1.29, 1.82) is 0 Å². The first-order valence-corrected chi connectivity index (χ1v) is 5.34. The molecule has 0 saturated heterocycles. The van der Waals surface area contributed by atoms with Gasteiger partial charge in [-0.15, -0.1) is 0 Å². The number of hydrogen-bond donors (Lipinski definition) is 1. The molecule has 0 heterocycles. The van der Waals surface area contributed by atoms with Gasteiger partial charge in [-0.25, -0.2) is 0 Å². The van der Waals surface area contributed by atoms with Gasteiger partial charge in [0.05, 0.1) is 5.92 Å². The van der Waals surface area contributed by atoms with Crippen LogP contribution in [0, 0.1) is 11.8 Å². The van der Waals surface area contributed by atoms with Crippen LogP contribution in [0.2, 0.25) is 0 Å². The Bertz CT molecular complexity index is 169. The lowest BCUT2D eigenvalue weighted by molar-refractivity contribution is -0.143. The lowest BCUT2D eigenvalue weighted by atomic mass is 9.80. The Labute approximate surface area is 85.5 Å². The average Bonchev–Trinajstić information content (AvgIpc) is 2.21. The van der Waals surface area contributed by atoms with Gasteiger partial charge in [0.2, 0.25) is 0 Å². The molecule has 0 spiro atoms. The number of rotatable bonds is 2. The normalized spacial score (nSPS) is 25.9. The Hall–Kier alpha value is -0.860. The summed E-state index contributed by atoms with van der Waals surface area (Å²) in [7, 11) is 0. The summed E-state index contributed by atoms with van der Waals surface area (Å²) in [5.74, 6) is -0.586. The molecule has 0 unspecified atom stereocenters. The van der Waals surface area contributed by atoms with E-state index in [1.807, 2.05) is 13.8 Å². The van der Waals surface area contributed by atoms with E-state index in [1.54, 1.807) is 6.92 Å². The molecule has 0 aromatic rings. The van der Waals surface area contributed by atoms with Crippen LogP contribution in [0.15, 0.2) is 0 Å². The van der Waals surface area contributed by atoms with Gasteiger partial charge in [0.1, 0.15) is 5.78 Å². The van der Waals surface area contributed by atoms with E-state index < -0.39 is 5.97 Å². The zero-order valence-corrected chi connectivity index (χ0v) is 9.25. The van der Waals surface area contributed by atoms with Crippen LogP contribution in [0.3, 0.4) is 0 Å². The summed E-state index contributed by atoms with van der Waals surface area (Å²) in [6.07, 6.45) is 2.84. The average molecular weight is 200 g/mol. The highest BCUT2D eigenvalue weighted by atomic mass is 16.4. The van der Waals surface area contributed by atoms with E-state index in [9.17, 15) is 9.59 Å². The first-order chi connectivity index (χ1) is 6.61. The molecule has 0 aliphatic heterocycles. The Morgan fingerprint density at radius 1 is 1.00 bits per heavy atom. The van der Waals surface area contributed by atoms with E-state index >= 15 is 0 Å². The van der Waals surface area contributed by atoms with E-state index in [4.69, 9.17) is 5.11 Å². The number of ketones is 1. The molecule has 1 aliphatic carbocycles. The van der Waals surface area contributed by atoms with E-state index in [2.05, 4.69) is 0 Å². The summed E-state index contributed by atoms with van der Waals surface area (Å²) < 4.78 is 0. The fourth-order valence-electron chi connectivity index (χ4n) is 1.75. The maximum atomic E-state index is 10.9. The molecule has 3 heteroatoms. The third-order valence-corrected chi connectivity index (χ3v) is 2.65. The molecule has 14 heavy (non-hydrogen) atoms. The Balaban J connectivity index is 0.000000791. The second-order valence-electron chi connectivity index (χ2n) is 3.50. The minimum absolute atomic E-state index is 0.126. The number of carbonyl (C=O) groups excluding carboxylic acids is 1. The molecule has 3 nitrogen and oxygen atoms in total. The zero-order chi connectivity index (χ0) is 11.1. The molecule has 0 aromatic carbocycles. The third-order valence-electron chi connectivity index (χ3n) is 2.65. The fraction of sp³-hybridized carbons (Fsp3) is 0.818. The number of Topliss-reactive ketones (excluding diaryl/α,β-unsaturated/α-hetero) is 1. The van der Waals surface area contributed by atoms with E-state index in [-0.39, 0.29) is 17.6 Å². The molecule has 0 aromatic heterocycles. The lowest BCUT2D eigenvalue weighted by Crippen LogP contribution is -2.24. The molecule has 1 rings (SSSR count). The molecule has 82 valence electrons. The van der Waals surface area contributed by atoms with Crippen LogP contribution in [0.25, 0.3) is 0 Å². The summed E-state index contributed by atoms with van der Waals surface area (Å²) in [5.41, 5.74) is 0. The summed E-state index contributed by atoms with van der Waals surface area (Å²) in [6.45, 7) is 5.59. The van der Waals surface area contributed by atoms with Gasteiger partial charge in [0.15, 0.2) is 0 Å². The van der Waals surface area contributed by atoms with Gasteiger partial charge in [0.25, 0.3) is 0 Å². The van der Waals surface area contributed by atoms with Crippen molar-refractivity contribution in [2.75, 3.05) is 0 Å². The summed E-state index contributed by atoms with van der Waals surface area (Å²) in [6, 6.07) is 0. The van der Waals surface area contributed by atoms with Gasteiger partial charge in [0, 0.05) is 5.92 Å². The number of carboxylic acids is 1. The third kappa shape index (κ3) is 3.90. The van der Waals surface area contributed by atoms with Gasteiger partial charge >= 0.3 is 5.97 Å². The maximum Gasteiger partial charge on any atom is 0.306 e. The first kappa shape index (κ1) is 13.1. The molecular formula is C11H20O3. The molecule has 1 aliphatic rings. The number of carboxylic acid groups (broad SMARTS) is 1. The van der Waals surface area contributed by atoms with Gasteiger partial charge in [-0.2, -0.15) is 0 Å². The van der Waals surface area contributed by atoms with Crippen LogP contribution >= 0.6 is 0 Å². The Kier molecular flexibility index (Phi) is 6.17. The summed E-state index contributed by atoms with van der Waals surface area (Å²) in [5, 5.41) is 8.68. The SMILES string of the molecule is CC.CC(=O)C1CCC(C(=O)O)CC1. The highest BCUT2D eigenvalue weighted by Crippen LogP contribution is 2.29. The zero-order valence-electron chi connectivity index (χ0n) is 9.25. The minimum Gasteiger partial charge on any atom is -0.481 e. The molecule has 0 amide bonds. The van der Waals surface area contributed by atoms with Crippen molar-refractivity contribution in [3.8, 4) is 0 Å². The summed E-state index contributed by atoms with van der Waals surface area (Å²) in [4.78, 5) is 21.5. The van der Waals surface area contributed by atoms with Crippen LogP contribution < -0.4 is 0 Å². The van der Waals surface area contributed by atoms with Crippen molar-refractivity contribution in [2.24, 2.45) is 11.8 Å². The van der Waals surface area contributed by atoms with Gasteiger partial charge in [-0.3, -0.25) is 9.59 Å². The van der Waals surface area contributed by atoms with Gasteiger partial charge in [-0.05, 0) is 32.6 Å². The van der Waals surface area contributed by atoms with E-state index in [0.29, 0.717) is 12.8 Å². The molecule has 0 atom stereocenters. The van der Waals surface area contributed by atoms with Crippen molar-refractivity contribution in [1.82, 2.24) is 0 Å². The van der Waals surface area contributed by atoms with Gasteiger partial charge in [-0.1, -0.05) is 13.8 Å². The molecule has 1 saturated carbocycles. The van der Waals surface area contributed by atoms with Crippen molar-refractivity contribution >= 4 is 11.8 Å².